The van der Waals surface area contributed by atoms with Crippen molar-refractivity contribution in [1.29, 1.82) is 5.26 Å². The van der Waals surface area contributed by atoms with Crippen LogP contribution in [0.2, 0.25) is 0 Å². The second-order valence-corrected chi connectivity index (χ2v) is 4.52. The third-order valence-corrected chi connectivity index (χ3v) is 3.33. The monoisotopic (exact) mass is 252 g/mol. The summed E-state index contributed by atoms with van der Waals surface area (Å²) in [5, 5.41) is 23.3. The van der Waals surface area contributed by atoms with Gasteiger partial charge in [0, 0.05) is 5.56 Å². The number of rotatable bonds is 2. The second kappa shape index (κ2) is 4.43. The van der Waals surface area contributed by atoms with Crippen LogP contribution in [0.15, 0.2) is 41.1 Å². The van der Waals surface area contributed by atoms with E-state index in [9.17, 15) is 0 Å². The average molecular weight is 252 g/mol. The van der Waals surface area contributed by atoms with Gasteiger partial charge in [0.1, 0.15) is 11.8 Å². The first kappa shape index (κ1) is 10.7. The summed E-state index contributed by atoms with van der Waals surface area (Å²) in [6.45, 7) is 0. The Kier molecular flexibility index (Phi) is 2.63. The predicted molar refractivity (Wildman–Crippen MR) is 69.8 cm³/mol. The lowest BCUT2D eigenvalue weighted by Crippen LogP contribution is -1.83. The molecule has 0 aliphatic carbocycles. The summed E-state index contributed by atoms with van der Waals surface area (Å²) in [5.41, 5.74) is 4.15. The summed E-state index contributed by atoms with van der Waals surface area (Å²) >= 11 is 1.66. The zero-order valence-electron chi connectivity index (χ0n) is 9.29. The molecule has 3 aromatic rings. The van der Waals surface area contributed by atoms with Crippen molar-refractivity contribution in [1.82, 2.24) is 15.4 Å². The van der Waals surface area contributed by atoms with Gasteiger partial charge in [0.2, 0.25) is 0 Å². The molecule has 1 aromatic carbocycles. The van der Waals surface area contributed by atoms with Gasteiger partial charge in [-0.25, -0.2) is 5.10 Å². The molecule has 0 bridgehead atoms. The molecule has 18 heavy (non-hydrogen) atoms. The molecular formula is C13H8N4S. The molecule has 3 rings (SSSR count). The predicted octanol–water partition coefficient (Wildman–Crippen LogP) is 3.07. The van der Waals surface area contributed by atoms with E-state index >= 15 is 0 Å². The van der Waals surface area contributed by atoms with Crippen molar-refractivity contribution in [3.8, 4) is 28.5 Å². The highest BCUT2D eigenvalue weighted by molar-refractivity contribution is 7.08. The summed E-state index contributed by atoms with van der Waals surface area (Å²) in [6.07, 6.45) is 0. The van der Waals surface area contributed by atoms with Crippen LogP contribution in [-0.2, 0) is 0 Å². The quantitative estimate of drug-likeness (QED) is 0.762. The number of aromatic amines is 1. The Morgan fingerprint density at radius 2 is 2.06 bits per heavy atom. The lowest BCUT2D eigenvalue weighted by Gasteiger charge is -2.01. The summed E-state index contributed by atoms with van der Waals surface area (Å²) in [7, 11) is 0. The molecule has 0 atom stereocenters. The molecule has 86 valence electrons. The standard InChI is InChI=1S/C13H8N4S/c14-7-12-13(16-17-15-12)10-3-1-2-9(6-10)11-4-5-18-8-11/h1-6,8H,(H,15,16,17). The van der Waals surface area contributed by atoms with Crippen molar-refractivity contribution in [2.75, 3.05) is 0 Å². The molecule has 0 amide bonds. The maximum absolute atomic E-state index is 8.96. The van der Waals surface area contributed by atoms with Crippen LogP contribution < -0.4 is 0 Å². The van der Waals surface area contributed by atoms with E-state index in [0.717, 1.165) is 11.1 Å². The number of benzene rings is 1. The third-order valence-electron chi connectivity index (χ3n) is 2.65. The largest absolute Gasteiger partial charge is 0.247 e. The fourth-order valence-electron chi connectivity index (χ4n) is 1.78. The van der Waals surface area contributed by atoms with Gasteiger partial charge in [-0.15, -0.1) is 5.10 Å². The van der Waals surface area contributed by atoms with Crippen LogP contribution in [0.25, 0.3) is 22.4 Å². The van der Waals surface area contributed by atoms with Crippen molar-refractivity contribution in [2.24, 2.45) is 0 Å². The molecule has 0 saturated heterocycles. The highest BCUT2D eigenvalue weighted by atomic mass is 32.1. The van der Waals surface area contributed by atoms with Crippen LogP contribution in [0.5, 0.6) is 0 Å². The first-order chi connectivity index (χ1) is 8.88. The maximum atomic E-state index is 8.96. The molecule has 0 aliphatic rings. The van der Waals surface area contributed by atoms with Gasteiger partial charge in [-0.05, 0) is 34.0 Å². The number of thiophene rings is 1. The fraction of sp³-hybridized carbons (Fsp3) is 0. The molecule has 5 heteroatoms. The minimum Gasteiger partial charge on any atom is -0.247 e. The molecule has 1 N–H and O–H groups in total. The van der Waals surface area contributed by atoms with Gasteiger partial charge in [0.25, 0.3) is 0 Å². The van der Waals surface area contributed by atoms with E-state index in [2.05, 4.69) is 26.9 Å². The summed E-state index contributed by atoms with van der Waals surface area (Å²) in [4.78, 5) is 0. The molecule has 0 unspecified atom stereocenters. The van der Waals surface area contributed by atoms with Crippen molar-refractivity contribution in [2.45, 2.75) is 0 Å². The van der Waals surface area contributed by atoms with Crippen LogP contribution in [0.1, 0.15) is 5.69 Å². The van der Waals surface area contributed by atoms with Crippen LogP contribution in [-0.4, -0.2) is 15.4 Å². The molecule has 2 heterocycles. The lowest BCUT2D eigenvalue weighted by atomic mass is 10.0. The number of hydrogen-bond acceptors (Lipinski definition) is 4. The van der Waals surface area contributed by atoms with Gasteiger partial charge in [0.05, 0.1) is 0 Å². The van der Waals surface area contributed by atoms with Crippen LogP contribution in [0.3, 0.4) is 0 Å². The lowest BCUT2D eigenvalue weighted by molar-refractivity contribution is 0.937. The number of aromatic nitrogens is 3. The van der Waals surface area contributed by atoms with Crippen molar-refractivity contribution in [3.63, 3.8) is 0 Å². The Labute approximate surface area is 108 Å². The van der Waals surface area contributed by atoms with Crippen molar-refractivity contribution < 1.29 is 0 Å². The molecular weight excluding hydrogens is 244 g/mol. The van der Waals surface area contributed by atoms with E-state index in [1.54, 1.807) is 11.3 Å². The Morgan fingerprint density at radius 1 is 1.17 bits per heavy atom. The Hall–Kier alpha value is -2.45. The third kappa shape index (κ3) is 1.79. The normalized spacial score (nSPS) is 10.2. The molecule has 0 aliphatic heterocycles. The Morgan fingerprint density at radius 3 is 2.83 bits per heavy atom. The van der Waals surface area contributed by atoms with Crippen molar-refractivity contribution >= 4 is 11.3 Å². The summed E-state index contributed by atoms with van der Waals surface area (Å²) in [6, 6.07) is 12.1. The maximum Gasteiger partial charge on any atom is 0.163 e. The Balaban J connectivity index is 2.10. The average Bonchev–Trinajstić information content (AvgIpc) is 3.10. The summed E-state index contributed by atoms with van der Waals surface area (Å²) in [5.74, 6) is 0. The van der Waals surface area contributed by atoms with E-state index in [4.69, 9.17) is 5.26 Å². The van der Waals surface area contributed by atoms with Gasteiger partial charge in [-0.3, -0.25) is 0 Å². The molecule has 0 saturated carbocycles. The van der Waals surface area contributed by atoms with Crippen LogP contribution >= 0.6 is 11.3 Å². The highest BCUT2D eigenvalue weighted by Gasteiger charge is 2.10. The molecule has 0 spiro atoms. The minimum atomic E-state index is 0.387. The number of hydrogen-bond donors (Lipinski definition) is 1. The zero-order chi connectivity index (χ0) is 12.4. The second-order valence-electron chi connectivity index (χ2n) is 3.74. The van der Waals surface area contributed by atoms with Crippen molar-refractivity contribution in [3.05, 3.63) is 46.8 Å². The topological polar surface area (TPSA) is 65.4 Å². The van der Waals surface area contributed by atoms with E-state index in [0.29, 0.717) is 11.4 Å². The Bertz CT molecular complexity index is 707. The SMILES string of the molecule is N#Cc1[nH]nnc1-c1cccc(-c2ccsc2)c1. The van der Waals surface area contributed by atoms with Gasteiger partial charge in [0.15, 0.2) is 5.69 Å². The number of nitriles is 1. The molecule has 4 nitrogen and oxygen atoms in total. The fourth-order valence-corrected chi connectivity index (χ4v) is 2.45. The van der Waals surface area contributed by atoms with Crippen LogP contribution in [0, 0.1) is 11.3 Å². The minimum absolute atomic E-state index is 0.387. The smallest absolute Gasteiger partial charge is 0.163 e. The highest BCUT2D eigenvalue weighted by Crippen LogP contribution is 2.27. The van der Waals surface area contributed by atoms with Gasteiger partial charge in [-0.1, -0.05) is 23.4 Å². The number of nitrogens with one attached hydrogen (secondary N) is 1. The van der Waals surface area contributed by atoms with E-state index in [1.165, 1.54) is 5.56 Å². The van der Waals surface area contributed by atoms with E-state index < -0.39 is 0 Å². The van der Waals surface area contributed by atoms with Gasteiger partial charge in [-0.2, -0.15) is 16.6 Å². The van der Waals surface area contributed by atoms with Gasteiger partial charge < -0.3 is 0 Å². The molecule has 0 fully saturated rings. The first-order valence-corrected chi connectivity index (χ1v) is 6.27. The van der Waals surface area contributed by atoms with E-state index in [-0.39, 0.29) is 0 Å². The molecule has 0 radical (unpaired) electrons. The van der Waals surface area contributed by atoms with E-state index in [1.807, 2.05) is 35.7 Å². The number of H-pyrrole nitrogens is 1. The first-order valence-electron chi connectivity index (χ1n) is 5.32. The molecule has 2 aromatic heterocycles. The zero-order valence-corrected chi connectivity index (χ0v) is 10.1. The van der Waals surface area contributed by atoms with Crippen LogP contribution in [0.4, 0.5) is 0 Å². The number of nitrogens with zero attached hydrogens (tertiary/aromatic N) is 3. The summed E-state index contributed by atoms with van der Waals surface area (Å²) < 4.78 is 0. The van der Waals surface area contributed by atoms with Gasteiger partial charge >= 0.3 is 0 Å².